The van der Waals surface area contributed by atoms with E-state index in [4.69, 9.17) is 4.42 Å². The lowest BCUT2D eigenvalue weighted by atomic mass is 10.00. The van der Waals surface area contributed by atoms with Gasteiger partial charge < -0.3 is 4.42 Å². The Morgan fingerprint density at radius 1 is 1.60 bits per heavy atom. The summed E-state index contributed by atoms with van der Waals surface area (Å²) < 4.78 is 5.40. The molecule has 2 rings (SSSR count). The number of carbonyl (C=O) groups is 1. The second-order valence-corrected chi connectivity index (χ2v) is 4.27. The lowest BCUT2D eigenvalue weighted by molar-refractivity contribution is -0.123. The Morgan fingerprint density at radius 3 is 3.00 bits per heavy atom. The first-order chi connectivity index (χ1) is 7.18. The molecule has 1 aromatic heterocycles. The molecule has 2 unspecified atom stereocenters. The van der Waals surface area contributed by atoms with Gasteiger partial charge in [-0.2, -0.15) is 0 Å². The van der Waals surface area contributed by atoms with Crippen LogP contribution >= 0.6 is 0 Å². The molecule has 0 bridgehead atoms. The van der Waals surface area contributed by atoms with Gasteiger partial charge in [-0.25, -0.2) is 0 Å². The molecule has 1 saturated heterocycles. The normalized spacial score (nSPS) is 25.5. The molecule has 0 spiro atoms. The van der Waals surface area contributed by atoms with Crippen molar-refractivity contribution in [2.24, 2.45) is 0 Å². The number of hydrogen-bond donors (Lipinski definition) is 0. The van der Waals surface area contributed by atoms with Gasteiger partial charge in [0.15, 0.2) is 0 Å². The average Bonchev–Trinajstić information content (AvgIpc) is 2.69. The molecular weight excluding hydrogens is 190 g/mol. The Morgan fingerprint density at radius 2 is 2.40 bits per heavy atom. The maximum absolute atomic E-state index is 11.3. The molecule has 0 saturated carbocycles. The highest BCUT2D eigenvalue weighted by atomic mass is 16.3. The second-order valence-electron chi connectivity index (χ2n) is 4.27. The van der Waals surface area contributed by atoms with Crippen LogP contribution in [0.4, 0.5) is 0 Å². The van der Waals surface area contributed by atoms with Gasteiger partial charge in [-0.15, -0.1) is 0 Å². The number of rotatable bonds is 2. The van der Waals surface area contributed by atoms with Crippen molar-refractivity contribution < 1.29 is 9.21 Å². The molecule has 1 fully saturated rings. The quantitative estimate of drug-likeness (QED) is 0.746. The molecule has 15 heavy (non-hydrogen) atoms. The smallest absolute Gasteiger partial charge is 0.135 e. The molecule has 0 N–H and O–H groups in total. The summed E-state index contributed by atoms with van der Waals surface area (Å²) in [5, 5.41) is 0. The highest BCUT2D eigenvalue weighted by Gasteiger charge is 2.28. The summed E-state index contributed by atoms with van der Waals surface area (Å²) in [5.41, 5.74) is 0. The van der Waals surface area contributed by atoms with Crippen LogP contribution in [0.15, 0.2) is 22.8 Å². The van der Waals surface area contributed by atoms with E-state index in [-0.39, 0.29) is 6.04 Å². The molecule has 3 nitrogen and oxygen atoms in total. The van der Waals surface area contributed by atoms with E-state index >= 15 is 0 Å². The zero-order chi connectivity index (χ0) is 10.8. The summed E-state index contributed by atoms with van der Waals surface area (Å²) in [7, 11) is 0. The number of nitrogens with zero attached hydrogens (tertiary/aromatic N) is 1. The van der Waals surface area contributed by atoms with Crippen LogP contribution < -0.4 is 0 Å². The lowest BCUT2D eigenvalue weighted by Gasteiger charge is -2.36. The van der Waals surface area contributed by atoms with Crippen molar-refractivity contribution in [1.82, 2.24) is 4.90 Å². The van der Waals surface area contributed by atoms with Crippen molar-refractivity contribution in [3.63, 3.8) is 0 Å². The number of ketones is 1. The number of hydrogen-bond acceptors (Lipinski definition) is 3. The Balaban J connectivity index is 2.07. The summed E-state index contributed by atoms with van der Waals surface area (Å²) in [6.07, 6.45) is 3.05. The van der Waals surface area contributed by atoms with Gasteiger partial charge in [-0.05, 0) is 26.0 Å². The summed E-state index contributed by atoms with van der Waals surface area (Å²) >= 11 is 0. The molecule has 2 heterocycles. The van der Waals surface area contributed by atoms with Crippen LogP contribution in [0.5, 0.6) is 0 Å². The number of furan rings is 1. The van der Waals surface area contributed by atoms with E-state index < -0.39 is 0 Å². The van der Waals surface area contributed by atoms with E-state index in [1.807, 2.05) is 12.1 Å². The van der Waals surface area contributed by atoms with Crippen LogP contribution in [-0.4, -0.2) is 23.3 Å². The SMILES string of the molecule is CC1CC(=O)CCN1C(C)c1ccco1. The van der Waals surface area contributed by atoms with E-state index in [1.165, 1.54) is 0 Å². The zero-order valence-electron chi connectivity index (χ0n) is 9.27. The van der Waals surface area contributed by atoms with Crippen molar-refractivity contribution in [1.29, 1.82) is 0 Å². The molecule has 3 heteroatoms. The van der Waals surface area contributed by atoms with E-state index in [1.54, 1.807) is 6.26 Å². The van der Waals surface area contributed by atoms with E-state index in [2.05, 4.69) is 18.7 Å². The summed E-state index contributed by atoms with van der Waals surface area (Å²) in [6.45, 7) is 5.09. The monoisotopic (exact) mass is 207 g/mol. The van der Waals surface area contributed by atoms with Crippen molar-refractivity contribution in [2.45, 2.75) is 38.8 Å². The third kappa shape index (κ3) is 2.12. The van der Waals surface area contributed by atoms with Crippen LogP contribution in [0.1, 0.15) is 38.5 Å². The van der Waals surface area contributed by atoms with Gasteiger partial charge in [0.25, 0.3) is 0 Å². The Bertz CT molecular complexity index is 331. The van der Waals surface area contributed by atoms with Crippen LogP contribution in [0.3, 0.4) is 0 Å². The minimum absolute atomic E-state index is 0.267. The number of carbonyl (C=O) groups excluding carboxylic acids is 1. The van der Waals surface area contributed by atoms with Gasteiger partial charge in [-0.1, -0.05) is 0 Å². The predicted molar refractivity (Wildman–Crippen MR) is 57.5 cm³/mol. The number of Topliss-reactive ketones (excluding diaryl/α,β-unsaturated/α-hetero) is 1. The standard InChI is InChI=1S/C12H17NO2/c1-9-8-11(14)5-6-13(9)10(2)12-4-3-7-15-12/h3-4,7,9-10H,5-6,8H2,1-2H3. The third-order valence-electron chi connectivity index (χ3n) is 3.19. The molecule has 1 aliphatic heterocycles. The van der Waals surface area contributed by atoms with Gasteiger partial charge in [-0.3, -0.25) is 9.69 Å². The van der Waals surface area contributed by atoms with Gasteiger partial charge in [0.1, 0.15) is 11.5 Å². The molecule has 1 aliphatic rings. The minimum Gasteiger partial charge on any atom is -0.468 e. The summed E-state index contributed by atoms with van der Waals surface area (Å²) in [5.74, 6) is 1.36. The van der Waals surface area contributed by atoms with Crippen LogP contribution in [0.2, 0.25) is 0 Å². The highest BCUT2D eigenvalue weighted by Crippen LogP contribution is 2.26. The Kier molecular flexibility index (Phi) is 2.91. The van der Waals surface area contributed by atoms with E-state index in [0.717, 1.165) is 12.3 Å². The van der Waals surface area contributed by atoms with Crippen molar-refractivity contribution in [3.8, 4) is 0 Å². The first-order valence-electron chi connectivity index (χ1n) is 5.49. The molecule has 1 aromatic rings. The van der Waals surface area contributed by atoms with Crippen LogP contribution in [0, 0.1) is 0 Å². The molecule has 0 radical (unpaired) electrons. The summed E-state index contributed by atoms with van der Waals surface area (Å²) in [4.78, 5) is 13.6. The maximum atomic E-state index is 11.3. The highest BCUT2D eigenvalue weighted by molar-refractivity contribution is 5.79. The molecule has 0 amide bonds. The third-order valence-corrected chi connectivity index (χ3v) is 3.19. The van der Waals surface area contributed by atoms with E-state index in [0.29, 0.717) is 24.7 Å². The van der Waals surface area contributed by atoms with Gasteiger partial charge >= 0.3 is 0 Å². The first kappa shape index (κ1) is 10.4. The predicted octanol–water partition coefficient (Wildman–Crippen LogP) is 2.39. The van der Waals surface area contributed by atoms with Crippen LogP contribution in [-0.2, 0) is 4.79 Å². The Labute approximate surface area is 90.1 Å². The van der Waals surface area contributed by atoms with Gasteiger partial charge in [0.05, 0.1) is 12.3 Å². The fourth-order valence-corrected chi connectivity index (χ4v) is 2.29. The maximum Gasteiger partial charge on any atom is 0.135 e. The van der Waals surface area contributed by atoms with Crippen molar-refractivity contribution in [3.05, 3.63) is 24.2 Å². The molecule has 0 aliphatic carbocycles. The van der Waals surface area contributed by atoms with E-state index in [9.17, 15) is 4.79 Å². The molecule has 82 valence electrons. The average molecular weight is 207 g/mol. The molecule has 0 aromatic carbocycles. The Hall–Kier alpha value is -1.09. The molecule has 2 atom stereocenters. The summed E-state index contributed by atoms with van der Waals surface area (Å²) in [6, 6.07) is 4.49. The number of likely N-dealkylation sites (tertiary alicyclic amines) is 1. The molecular formula is C12H17NO2. The van der Waals surface area contributed by atoms with Crippen molar-refractivity contribution in [2.75, 3.05) is 6.54 Å². The number of piperidine rings is 1. The lowest BCUT2D eigenvalue weighted by Crippen LogP contribution is -2.42. The van der Waals surface area contributed by atoms with Gasteiger partial charge in [0, 0.05) is 25.4 Å². The first-order valence-corrected chi connectivity index (χ1v) is 5.49. The fraction of sp³-hybridized carbons (Fsp3) is 0.583. The van der Waals surface area contributed by atoms with Crippen LogP contribution in [0.25, 0.3) is 0 Å². The second kappa shape index (κ2) is 4.19. The fourth-order valence-electron chi connectivity index (χ4n) is 2.29. The largest absolute Gasteiger partial charge is 0.468 e. The topological polar surface area (TPSA) is 33.5 Å². The zero-order valence-corrected chi connectivity index (χ0v) is 9.27. The van der Waals surface area contributed by atoms with Crippen molar-refractivity contribution >= 4 is 5.78 Å². The minimum atomic E-state index is 0.267. The van der Waals surface area contributed by atoms with Gasteiger partial charge in [0.2, 0.25) is 0 Å².